The van der Waals surface area contributed by atoms with Crippen LogP contribution in [0.15, 0.2) is 0 Å². The van der Waals surface area contributed by atoms with Crippen molar-refractivity contribution in [1.82, 2.24) is 0 Å². The van der Waals surface area contributed by atoms with Crippen LogP contribution in [-0.2, 0) is 28.6 Å². The van der Waals surface area contributed by atoms with Crippen LogP contribution in [-0.4, -0.2) is 37.2 Å². The predicted molar refractivity (Wildman–Crippen MR) is 316 cm³/mol. The summed E-state index contributed by atoms with van der Waals surface area (Å²) < 4.78 is 17.0. The molecule has 0 spiro atoms. The molecule has 0 aromatic heterocycles. The summed E-state index contributed by atoms with van der Waals surface area (Å²) in [7, 11) is 0. The molecule has 0 heterocycles. The molecule has 0 saturated heterocycles. The first-order valence-corrected chi connectivity index (χ1v) is 33.3. The standard InChI is InChI=1S/C67H130O6/c1-6-8-9-10-11-12-13-14-27-32-37-42-47-52-57-65(68)71-60-64(61-72-66(69)58-53-48-43-38-33-28-23-20-19-21-25-30-35-40-45-50-55-62(3)4)73-67(70)59-54-49-44-39-34-29-24-18-16-15-17-22-26-31-36-41-46-51-56-63(5)7-2/h62-64H,6-61H2,1-5H3/t63?,64-/m1/s1. The van der Waals surface area contributed by atoms with Gasteiger partial charge in [0.25, 0.3) is 0 Å². The first-order chi connectivity index (χ1) is 35.8. The van der Waals surface area contributed by atoms with Gasteiger partial charge < -0.3 is 14.2 Å². The van der Waals surface area contributed by atoms with E-state index in [1.165, 1.54) is 270 Å². The summed E-state index contributed by atoms with van der Waals surface area (Å²) in [6, 6.07) is 0. The van der Waals surface area contributed by atoms with Crippen molar-refractivity contribution in [3.63, 3.8) is 0 Å². The van der Waals surface area contributed by atoms with Crippen molar-refractivity contribution in [1.29, 1.82) is 0 Å². The molecule has 434 valence electrons. The molecule has 0 radical (unpaired) electrons. The van der Waals surface area contributed by atoms with Crippen LogP contribution in [0, 0.1) is 11.8 Å². The Labute approximate surface area is 457 Å². The highest BCUT2D eigenvalue weighted by Gasteiger charge is 2.19. The summed E-state index contributed by atoms with van der Waals surface area (Å²) in [6.07, 6.45) is 66.7. The fraction of sp³-hybridized carbons (Fsp3) is 0.955. The van der Waals surface area contributed by atoms with Gasteiger partial charge in [0.2, 0.25) is 0 Å². The van der Waals surface area contributed by atoms with E-state index in [-0.39, 0.29) is 31.1 Å². The van der Waals surface area contributed by atoms with Gasteiger partial charge in [-0.25, -0.2) is 0 Å². The topological polar surface area (TPSA) is 78.9 Å². The highest BCUT2D eigenvalue weighted by Crippen LogP contribution is 2.20. The first kappa shape index (κ1) is 71.4. The van der Waals surface area contributed by atoms with Gasteiger partial charge in [-0.15, -0.1) is 0 Å². The molecule has 0 rings (SSSR count). The summed E-state index contributed by atoms with van der Waals surface area (Å²) in [5.41, 5.74) is 0. The van der Waals surface area contributed by atoms with Gasteiger partial charge in [-0.2, -0.15) is 0 Å². The molecule has 0 N–H and O–H groups in total. The maximum atomic E-state index is 12.9. The van der Waals surface area contributed by atoms with Crippen LogP contribution in [0.2, 0.25) is 0 Å². The maximum absolute atomic E-state index is 12.9. The van der Waals surface area contributed by atoms with Crippen molar-refractivity contribution in [3.05, 3.63) is 0 Å². The van der Waals surface area contributed by atoms with Crippen molar-refractivity contribution in [2.45, 2.75) is 387 Å². The lowest BCUT2D eigenvalue weighted by molar-refractivity contribution is -0.167. The average molecular weight is 1030 g/mol. The lowest BCUT2D eigenvalue weighted by atomic mass is 9.99. The molecule has 73 heavy (non-hydrogen) atoms. The Hall–Kier alpha value is -1.59. The molecular weight excluding hydrogens is 901 g/mol. The van der Waals surface area contributed by atoms with E-state index in [0.717, 1.165) is 69.6 Å². The van der Waals surface area contributed by atoms with Gasteiger partial charge >= 0.3 is 17.9 Å². The quantitative estimate of drug-likeness (QED) is 0.0343. The number of carbonyl (C=O) groups excluding carboxylic acids is 3. The SMILES string of the molecule is CCCCCCCCCCCCCCCCC(=O)OC[C@H](COC(=O)CCCCCCCCCCCCCCCCCCC(C)C)OC(=O)CCCCCCCCCCCCCCCCCCCCC(C)CC. The molecule has 0 aliphatic carbocycles. The van der Waals surface area contributed by atoms with Crippen molar-refractivity contribution in [2.24, 2.45) is 11.8 Å². The molecule has 0 aromatic rings. The van der Waals surface area contributed by atoms with Gasteiger partial charge in [-0.05, 0) is 31.1 Å². The Balaban J connectivity index is 4.26. The van der Waals surface area contributed by atoms with Crippen LogP contribution >= 0.6 is 0 Å². The summed E-state index contributed by atoms with van der Waals surface area (Å²) in [5, 5.41) is 0. The Kier molecular flexibility index (Phi) is 58.4. The second kappa shape index (κ2) is 59.7. The van der Waals surface area contributed by atoms with E-state index in [1.807, 2.05) is 0 Å². The van der Waals surface area contributed by atoms with Gasteiger partial charge in [-0.3, -0.25) is 14.4 Å². The summed E-state index contributed by atoms with van der Waals surface area (Å²) in [4.78, 5) is 38.3. The maximum Gasteiger partial charge on any atom is 0.306 e. The minimum Gasteiger partial charge on any atom is -0.462 e. The Morgan fingerprint density at radius 2 is 0.521 bits per heavy atom. The third-order valence-corrected chi connectivity index (χ3v) is 15.8. The van der Waals surface area contributed by atoms with Gasteiger partial charge in [0.15, 0.2) is 6.10 Å². The largest absolute Gasteiger partial charge is 0.462 e. The smallest absolute Gasteiger partial charge is 0.306 e. The van der Waals surface area contributed by atoms with Crippen LogP contribution in [0.5, 0.6) is 0 Å². The number of hydrogen-bond donors (Lipinski definition) is 0. The van der Waals surface area contributed by atoms with Crippen molar-refractivity contribution in [3.8, 4) is 0 Å². The molecule has 0 saturated carbocycles. The third-order valence-electron chi connectivity index (χ3n) is 15.8. The summed E-state index contributed by atoms with van der Waals surface area (Å²) in [6.45, 7) is 11.5. The first-order valence-electron chi connectivity index (χ1n) is 33.3. The normalized spacial score (nSPS) is 12.4. The van der Waals surface area contributed by atoms with Crippen LogP contribution in [0.4, 0.5) is 0 Å². The summed E-state index contributed by atoms with van der Waals surface area (Å²) >= 11 is 0. The van der Waals surface area contributed by atoms with Gasteiger partial charge in [0.05, 0.1) is 0 Å². The Morgan fingerprint density at radius 3 is 0.781 bits per heavy atom. The number of carbonyl (C=O) groups is 3. The molecule has 2 atom stereocenters. The molecule has 0 aromatic carbocycles. The fourth-order valence-corrected chi connectivity index (χ4v) is 10.4. The highest BCUT2D eigenvalue weighted by molar-refractivity contribution is 5.71. The Morgan fingerprint density at radius 1 is 0.288 bits per heavy atom. The minimum atomic E-state index is -0.764. The van der Waals surface area contributed by atoms with Crippen molar-refractivity contribution in [2.75, 3.05) is 13.2 Å². The van der Waals surface area contributed by atoms with Gasteiger partial charge in [-0.1, -0.05) is 343 Å². The van der Waals surface area contributed by atoms with E-state index in [2.05, 4.69) is 34.6 Å². The second-order valence-corrected chi connectivity index (χ2v) is 23.8. The van der Waals surface area contributed by atoms with E-state index in [1.54, 1.807) is 0 Å². The molecule has 0 bridgehead atoms. The zero-order valence-electron chi connectivity index (χ0n) is 50.3. The molecule has 6 heteroatoms. The predicted octanol–water partition coefficient (Wildman–Crippen LogP) is 22.4. The van der Waals surface area contributed by atoms with Crippen molar-refractivity contribution < 1.29 is 28.6 Å². The Bertz CT molecular complexity index is 1120. The van der Waals surface area contributed by atoms with Gasteiger partial charge in [0.1, 0.15) is 13.2 Å². The van der Waals surface area contributed by atoms with E-state index in [0.29, 0.717) is 19.3 Å². The zero-order chi connectivity index (χ0) is 53.2. The number of rotatable bonds is 61. The molecule has 0 fully saturated rings. The van der Waals surface area contributed by atoms with Crippen LogP contribution < -0.4 is 0 Å². The minimum absolute atomic E-state index is 0.0615. The average Bonchev–Trinajstić information content (AvgIpc) is 3.38. The fourth-order valence-electron chi connectivity index (χ4n) is 10.4. The monoisotopic (exact) mass is 1030 g/mol. The molecule has 0 amide bonds. The molecule has 6 nitrogen and oxygen atoms in total. The highest BCUT2D eigenvalue weighted by atomic mass is 16.6. The van der Waals surface area contributed by atoms with Crippen LogP contribution in [0.1, 0.15) is 381 Å². The number of unbranched alkanes of at least 4 members (excludes halogenated alkanes) is 45. The molecule has 0 aliphatic rings. The van der Waals surface area contributed by atoms with E-state index < -0.39 is 6.10 Å². The third kappa shape index (κ3) is 59.5. The molecular formula is C67H130O6. The van der Waals surface area contributed by atoms with E-state index in [4.69, 9.17) is 14.2 Å². The number of hydrogen-bond acceptors (Lipinski definition) is 6. The summed E-state index contributed by atoms with van der Waals surface area (Å²) in [5.74, 6) is 0.934. The number of esters is 3. The molecule has 0 aliphatic heterocycles. The second-order valence-electron chi connectivity index (χ2n) is 23.8. The van der Waals surface area contributed by atoms with Crippen LogP contribution in [0.25, 0.3) is 0 Å². The molecule has 1 unspecified atom stereocenters. The van der Waals surface area contributed by atoms with Crippen molar-refractivity contribution >= 4 is 17.9 Å². The lowest BCUT2D eigenvalue weighted by Gasteiger charge is -2.18. The van der Waals surface area contributed by atoms with Crippen LogP contribution in [0.3, 0.4) is 0 Å². The van der Waals surface area contributed by atoms with Gasteiger partial charge in [0, 0.05) is 19.3 Å². The zero-order valence-corrected chi connectivity index (χ0v) is 50.3. The number of ether oxygens (including phenoxy) is 3. The van der Waals surface area contributed by atoms with E-state index in [9.17, 15) is 14.4 Å². The van der Waals surface area contributed by atoms with E-state index >= 15 is 0 Å². The lowest BCUT2D eigenvalue weighted by Crippen LogP contribution is -2.30.